The molecular formula is C41H50N2O9. The van der Waals surface area contributed by atoms with Gasteiger partial charge in [0.05, 0.1) is 41.9 Å². The van der Waals surface area contributed by atoms with Crippen molar-refractivity contribution in [3.63, 3.8) is 0 Å². The number of nitrogens with one attached hydrogen (secondary N) is 1. The lowest BCUT2D eigenvalue weighted by Gasteiger charge is -2.68. The summed E-state index contributed by atoms with van der Waals surface area (Å²) in [6.07, 6.45) is 13.9. The minimum absolute atomic E-state index is 0.0285. The van der Waals surface area contributed by atoms with Gasteiger partial charge in [0, 0.05) is 35.4 Å². The van der Waals surface area contributed by atoms with Crippen LogP contribution in [0.2, 0.25) is 0 Å². The molecule has 8 fully saturated rings. The van der Waals surface area contributed by atoms with Crippen molar-refractivity contribution in [1.29, 1.82) is 0 Å². The Hall–Kier alpha value is -2.99. The maximum Gasteiger partial charge on any atom is 0.339 e. The van der Waals surface area contributed by atoms with Crippen LogP contribution in [-0.2, 0) is 39.8 Å². The van der Waals surface area contributed by atoms with Crippen LogP contribution in [0.5, 0.6) is 0 Å². The summed E-state index contributed by atoms with van der Waals surface area (Å²) in [7, 11) is 0. The maximum atomic E-state index is 15.1. The number of carbonyl (C=O) groups is 3. The van der Waals surface area contributed by atoms with E-state index >= 15 is 4.79 Å². The van der Waals surface area contributed by atoms with Crippen molar-refractivity contribution >= 4 is 17.7 Å². The Balaban J connectivity index is 0.939. The van der Waals surface area contributed by atoms with E-state index in [9.17, 15) is 14.7 Å². The lowest BCUT2D eigenvalue weighted by Crippen LogP contribution is -2.79. The number of carbonyl (C=O) groups excluding carboxylic acids is 3. The van der Waals surface area contributed by atoms with Gasteiger partial charge in [-0.3, -0.25) is 14.9 Å². The van der Waals surface area contributed by atoms with Crippen LogP contribution in [0.4, 0.5) is 0 Å². The van der Waals surface area contributed by atoms with E-state index < -0.39 is 63.2 Å². The molecule has 14 atom stereocenters. The smallest absolute Gasteiger partial charge is 0.339 e. The number of aliphatic hydroxyl groups is 1. The van der Waals surface area contributed by atoms with Crippen LogP contribution in [-0.4, -0.2) is 83.1 Å². The molecule has 2 N–H and O–H groups in total. The van der Waals surface area contributed by atoms with Crippen LogP contribution in [0.1, 0.15) is 89.6 Å². The van der Waals surface area contributed by atoms with Crippen molar-refractivity contribution in [2.24, 2.45) is 45.3 Å². The summed E-state index contributed by atoms with van der Waals surface area (Å²) in [5.41, 5.74) is -5.32. The van der Waals surface area contributed by atoms with Crippen molar-refractivity contribution in [2.45, 2.75) is 120 Å². The van der Waals surface area contributed by atoms with Crippen molar-refractivity contribution in [1.82, 2.24) is 10.2 Å². The number of ether oxygens (including phenoxy) is 4. The van der Waals surface area contributed by atoms with Crippen LogP contribution >= 0.6 is 0 Å². The molecule has 0 unspecified atom stereocenters. The Kier molecular flexibility index (Phi) is 6.36. The maximum absolute atomic E-state index is 15.1. The van der Waals surface area contributed by atoms with Crippen LogP contribution in [0.25, 0.3) is 0 Å². The molecule has 3 saturated carbocycles. The van der Waals surface area contributed by atoms with E-state index in [4.69, 9.17) is 23.4 Å². The normalized spacial score (nSPS) is 51.6. The van der Waals surface area contributed by atoms with Gasteiger partial charge in [0.2, 0.25) is 0 Å². The van der Waals surface area contributed by atoms with Crippen molar-refractivity contribution < 1.29 is 42.9 Å². The number of fused-ring (bicyclic) bond motifs is 5. The Bertz CT molecular complexity index is 1840. The predicted molar refractivity (Wildman–Crippen MR) is 183 cm³/mol. The predicted octanol–water partition coefficient (Wildman–Crippen LogP) is 4.14. The largest absolute Gasteiger partial charge is 0.469 e. The van der Waals surface area contributed by atoms with Gasteiger partial charge in [-0.05, 0) is 88.3 Å². The summed E-state index contributed by atoms with van der Waals surface area (Å²) in [6.45, 7) is 7.98. The molecule has 4 spiro atoms. The lowest BCUT2D eigenvalue weighted by molar-refractivity contribution is -0.262. The number of ketones is 1. The molecule has 11 heteroatoms. The molecule has 5 aliphatic carbocycles. The highest BCUT2D eigenvalue weighted by molar-refractivity contribution is 5.97. The molecule has 5 saturated heterocycles. The first-order chi connectivity index (χ1) is 24.9. The van der Waals surface area contributed by atoms with E-state index in [-0.39, 0.29) is 30.7 Å². The minimum Gasteiger partial charge on any atom is -0.469 e. The van der Waals surface area contributed by atoms with Crippen molar-refractivity contribution in [2.75, 3.05) is 19.8 Å². The number of cyclic esters (lactones) is 2. The van der Waals surface area contributed by atoms with E-state index in [2.05, 4.69) is 29.4 Å². The van der Waals surface area contributed by atoms with Gasteiger partial charge in [0.25, 0.3) is 0 Å². The average Bonchev–Trinajstić information content (AvgIpc) is 3.44. The second kappa shape index (κ2) is 10.2. The number of epoxide rings is 1. The summed E-state index contributed by atoms with van der Waals surface area (Å²) in [5.74, 6) is 1.29. The first kappa shape index (κ1) is 32.4. The molecule has 11 aliphatic rings. The van der Waals surface area contributed by atoms with Crippen LogP contribution in [0.15, 0.2) is 41.2 Å². The van der Waals surface area contributed by atoms with Gasteiger partial charge in [-0.25, -0.2) is 4.79 Å². The number of nitrogens with zero attached hydrogens (tertiary/aromatic N) is 1. The zero-order valence-corrected chi connectivity index (χ0v) is 30.3. The van der Waals surface area contributed by atoms with Gasteiger partial charge in [-0.2, -0.15) is 0 Å². The van der Waals surface area contributed by atoms with E-state index in [0.717, 1.165) is 37.4 Å². The van der Waals surface area contributed by atoms with E-state index in [1.807, 2.05) is 32.1 Å². The van der Waals surface area contributed by atoms with E-state index in [0.29, 0.717) is 43.1 Å². The highest BCUT2D eigenvalue weighted by atomic mass is 16.7. The Morgan fingerprint density at radius 1 is 1.06 bits per heavy atom. The molecule has 11 nitrogen and oxygen atoms in total. The third-order valence-electron chi connectivity index (χ3n) is 16.8. The third-order valence-corrected chi connectivity index (χ3v) is 16.8. The highest BCUT2D eigenvalue weighted by Crippen LogP contribution is 2.84. The molecule has 1 aromatic heterocycles. The standard InChI is InChI=1S/C41H50N2O9/c1-36(2)40-13-4-12-38(31(45)32(40)46)28(39(40)20-49-30(44)18-29(39)51-36)9-14-37(3)33(50-35(47)34-41(37,38)52-34)25-11-16-48-27(25)8-6-22-5-7-24-23(17-22)10-15-43-21-42-19-26(24)43/h4,10-11,13,15-16,22-24,26,28-29,31,33-34,42,45H,5-9,12,14,17-21H2,1-3H3/t22-,23+,24-,26-,28-,29-,31+,33-,34+,37-,38-,39-,40+,41+/m0/s1. The number of rotatable bonds is 4. The number of allylic oxidation sites excluding steroid dienone is 2. The molecule has 0 aromatic carbocycles. The molecule has 6 aliphatic heterocycles. The first-order valence-electron chi connectivity index (χ1n) is 19.8. The van der Waals surface area contributed by atoms with Gasteiger partial charge in [0.15, 0.2) is 11.9 Å². The van der Waals surface area contributed by atoms with Gasteiger partial charge in [-0.15, -0.1) is 0 Å². The van der Waals surface area contributed by atoms with Gasteiger partial charge >= 0.3 is 11.9 Å². The number of Topliss-reactive ketones (excluding diaryl/α,β-unsaturated/α-hetero) is 1. The molecule has 2 bridgehead atoms. The molecule has 0 radical (unpaired) electrons. The van der Waals surface area contributed by atoms with E-state index in [1.165, 1.54) is 19.3 Å². The third kappa shape index (κ3) is 3.44. The number of aliphatic hydroxyl groups excluding tert-OH is 1. The molecule has 278 valence electrons. The minimum atomic E-state index is -1.41. The number of furan rings is 1. The number of esters is 2. The lowest BCUT2D eigenvalue weighted by atomic mass is 9.33. The molecule has 1 aromatic rings. The van der Waals surface area contributed by atoms with Crippen LogP contribution in [0.3, 0.4) is 0 Å². The van der Waals surface area contributed by atoms with Crippen molar-refractivity contribution in [3.8, 4) is 0 Å². The van der Waals surface area contributed by atoms with Crippen molar-refractivity contribution in [3.05, 3.63) is 48.1 Å². The molecule has 12 rings (SSSR count). The quantitative estimate of drug-likeness (QED) is 0.264. The number of aryl methyl sites for hydroxylation is 1. The summed E-state index contributed by atoms with van der Waals surface area (Å²) in [6, 6.07) is 2.55. The fourth-order valence-corrected chi connectivity index (χ4v) is 14.8. The van der Waals surface area contributed by atoms with Crippen LogP contribution in [0, 0.1) is 45.3 Å². The zero-order valence-electron chi connectivity index (χ0n) is 30.3. The number of hydrogen-bond acceptors (Lipinski definition) is 11. The van der Waals surface area contributed by atoms with E-state index in [1.54, 1.807) is 6.26 Å². The molecular weight excluding hydrogens is 664 g/mol. The number of hydrogen-bond donors (Lipinski definition) is 2. The topological polar surface area (TPSA) is 140 Å². The Morgan fingerprint density at radius 2 is 1.92 bits per heavy atom. The summed E-state index contributed by atoms with van der Waals surface area (Å²) >= 11 is 0. The second-order valence-electron chi connectivity index (χ2n) is 18.7. The average molecular weight is 715 g/mol. The fourth-order valence-electron chi connectivity index (χ4n) is 14.8. The summed E-state index contributed by atoms with van der Waals surface area (Å²) in [5, 5.41) is 16.1. The fraction of sp³-hybridized carbons (Fsp3) is 0.732. The molecule has 52 heavy (non-hydrogen) atoms. The summed E-state index contributed by atoms with van der Waals surface area (Å²) < 4.78 is 31.9. The first-order valence-corrected chi connectivity index (χ1v) is 19.8. The van der Waals surface area contributed by atoms with Gasteiger partial charge < -0.3 is 33.4 Å². The Labute approximate surface area is 303 Å². The van der Waals surface area contributed by atoms with Gasteiger partial charge in [-0.1, -0.05) is 31.6 Å². The SMILES string of the molecule is CC1(C)O[C@H]2CC(=O)OC[C@]23[C@H]2CC[C@@]4(C)[C@H](c5ccoc5CC[C@@H]5CC[C@H]6[C@H](C=CN7CNC[C@@H]67)C5)OC(=O)[C@H]5O[C@]54[C@@]24CC=C[C@@]13C(=O)[C@H]4O. The highest BCUT2D eigenvalue weighted by Gasteiger charge is 2.94. The monoisotopic (exact) mass is 714 g/mol. The Morgan fingerprint density at radius 3 is 2.79 bits per heavy atom. The van der Waals surface area contributed by atoms with Gasteiger partial charge in [0.1, 0.15) is 30.2 Å². The molecule has 0 amide bonds. The molecule has 7 heterocycles. The van der Waals surface area contributed by atoms with Crippen LogP contribution < -0.4 is 5.32 Å². The summed E-state index contributed by atoms with van der Waals surface area (Å²) in [4.78, 5) is 44.4. The second-order valence-corrected chi connectivity index (χ2v) is 18.7. The zero-order chi connectivity index (χ0) is 35.6.